The highest BCUT2D eigenvalue weighted by molar-refractivity contribution is 5.04. The number of rotatable bonds is 8. The van der Waals surface area contributed by atoms with Gasteiger partial charge in [-0.3, -0.25) is 5.32 Å². The Morgan fingerprint density at radius 2 is 1.95 bits per heavy atom. The van der Waals surface area contributed by atoms with Crippen molar-refractivity contribution in [3.8, 4) is 6.07 Å². The minimum atomic E-state index is -0.370. The predicted molar refractivity (Wildman–Crippen MR) is 90.2 cm³/mol. The van der Waals surface area contributed by atoms with Gasteiger partial charge in [0.15, 0.2) is 0 Å². The van der Waals surface area contributed by atoms with E-state index in [0.717, 1.165) is 31.3 Å². The molecular formula is C18H35N3. The molecule has 1 aliphatic rings. The van der Waals surface area contributed by atoms with Crippen molar-refractivity contribution in [3.05, 3.63) is 0 Å². The lowest BCUT2D eigenvalue weighted by atomic mass is 9.85. The molecule has 1 N–H and O–H groups in total. The Kier molecular flexibility index (Phi) is 7.70. The Labute approximate surface area is 132 Å². The first-order valence-electron chi connectivity index (χ1n) is 8.77. The van der Waals surface area contributed by atoms with Gasteiger partial charge < -0.3 is 4.90 Å². The van der Waals surface area contributed by atoms with E-state index >= 15 is 0 Å². The van der Waals surface area contributed by atoms with E-state index in [1.54, 1.807) is 0 Å². The van der Waals surface area contributed by atoms with Crippen molar-refractivity contribution in [1.82, 2.24) is 10.2 Å². The first-order valence-corrected chi connectivity index (χ1v) is 8.77. The maximum Gasteiger partial charge on any atom is 0.104 e. The second-order valence-corrected chi connectivity index (χ2v) is 7.51. The average molecular weight is 293 g/mol. The van der Waals surface area contributed by atoms with Crippen LogP contribution in [0.1, 0.15) is 72.6 Å². The summed E-state index contributed by atoms with van der Waals surface area (Å²) in [4.78, 5) is 2.56. The van der Waals surface area contributed by atoms with Gasteiger partial charge in [-0.1, -0.05) is 19.8 Å². The molecule has 0 radical (unpaired) electrons. The van der Waals surface area contributed by atoms with Crippen LogP contribution in [0.15, 0.2) is 0 Å². The summed E-state index contributed by atoms with van der Waals surface area (Å²) in [6.45, 7) is 9.80. The van der Waals surface area contributed by atoms with Crippen LogP contribution >= 0.6 is 0 Å². The molecule has 0 aromatic carbocycles. The zero-order valence-electron chi connectivity index (χ0n) is 14.8. The maximum absolute atomic E-state index is 9.36. The quantitative estimate of drug-likeness (QED) is 0.689. The fourth-order valence-corrected chi connectivity index (χ4v) is 3.75. The third-order valence-electron chi connectivity index (χ3n) is 4.92. The molecule has 3 nitrogen and oxygen atoms in total. The Morgan fingerprint density at radius 1 is 1.29 bits per heavy atom. The summed E-state index contributed by atoms with van der Waals surface area (Å²) in [5.41, 5.74) is -0.370. The molecule has 1 rings (SSSR count). The molecule has 1 fully saturated rings. The van der Waals surface area contributed by atoms with Crippen LogP contribution in [0.4, 0.5) is 0 Å². The maximum atomic E-state index is 9.36. The molecule has 0 aromatic heterocycles. The molecule has 122 valence electrons. The van der Waals surface area contributed by atoms with Gasteiger partial charge in [0.2, 0.25) is 0 Å². The van der Waals surface area contributed by atoms with Crippen LogP contribution in [0.25, 0.3) is 0 Å². The van der Waals surface area contributed by atoms with Crippen molar-refractivity contribution < 1.29 is 0 Å². The monoisotopic (exact) mass is 293 g/mol. The lowest BCUT2D eigenvalue weighted by Crippen LogP contribution is -2.45. The fourth-order valence-electron chi connectivity index (χ4n) is 3.75. The molecule has 0 aromatic rings. The summed E-state index contributed by atoms with van der Waals surface area (Å²) in [6, 6.07) is 3.58. The van der Waals surface area contributed by atoms with Gasteiger partial charge in [0.05, 0.1) is 6.07 Å². The summed E-state index contributed by atoms with van der Waals surface area (Å²) in [5, 5.41) is 12.7. The van der Waals surface area contributed by atoms with Crippen molar-refractivity contribution in [2.24, 2.45) is 5.92 Å². The first-order chi connectivity index (χ1) is 9.88. The minimum absolute atomic E-state index is 0.361. The number of hydrogen-bond donors (Lipinski definition) is 1. The normalized spacial score (nSPS) is 25.8. The van der Waals surface area contributed by atoms with E-state index in [9.17, 15) is 5.26 Å². The zero-order valence-corrected chi connectivity index (χ0v) is 14.8. The molecule has 3 unspecified atom stereocenters. The van der Waals surface area contributed by atoms with Crippen LogP contribution in [0, 0.1) is 17.2 Å². The lowest BCUT2D eigenvalue weighted by molar-refractivity contribution is 0.136. The smallest absolute Gasteiger partial charge is 0.104 e. The minimum Gasteiger partial charge on any atom is -0.303 e. The number of hydrogen-bond acceptors (Lipinski definition) is 3. The van der Waals surface area contributed by atoms with E-state index in [1.165, 1.54) is 32.1 Å². The Morgan fingerprint density at radius 3 is 2.52 bits per heavy atom. The molecule has 0 spiro atoms. The first kappa shape index (κ1) is 18.5. The van der Waals surface area contributed by atoms with E-state index in [-0.39, 0.29) is 5.54 Å². The van der Waals surface area contributed by atoms with Crippen molar-refractivity contribution >= 4 is 0 Å². The van der Waals surface area contributed by atoms with Gasteiger partial charge in [-0.05, 0) is 72.4 Å². The molecule has 1 saturated carbocycles. The molecule has 1 aliphatic carbocycles. The van der Waals surface area contributed by atoms with Gasteiger partial charge in [0.1, 0.15) is 5.54 Å². The van der Waals surface area contributed by atoms with Gasteiger partial charge >= 0.3 is 0 Å². The molecule has 0 aliphatic heterocycles. The van der Waals surface area contributed by atoms with Crippen LogP contribution in [0.3, 0.4) is 0 Å². The van der Waals surface area contributed by atoms with Gasteiger partial charge in [-0.25, -0.2) is 0 Å². The second-order valence-electron chi connectivity index (χ2n) is 7.51. The molecule has 0 heterocycles. The molecule has 0 saturated heterocycles. The predicted octanol–water partition coefficient (Wildman–Crippen LogP) is 3.95. The summed E-state index contributed by atoms with van der Waals surface area (Å²) in [5.74, 6) is 0.843. The fraction of sp³-hybridized carbons (Fsp3) is 0.944. The molecule has 0 bridgehead atoms. The molecule has 21 heavy (non-hydrogen) atoms. The third-order valence-corrected chi connectivity index (χ3v) is 4.92. The Balaban J connectivity index is 2.28. The largest absolute Gasteiger partial charge is 0.303 e. The summed E-state index contributed by atoms with van der Waals surface area (Å²) >= 11 is 0. The standard InChI is InChI=1S/C18H35N3/c1-15(2)20-18(4,14-19)12-8-9-13-21(5)17-11-7-6-10-16(17)3/h15-17,20H,6-13H2,1-5H3. The summed E-state index contributed by atoms with van der Waals surface area (Å²) < 4.78 is 0. The van der Waals surface area contributed by atoms with Crippen molar-refractivity contribution in [2.75, 3.05) is 13.6 Å². The van der Waals surface area contributed by atoms with Crippen LogP contribution < -0.4 is 5.32 Å². The summed E-state index contributed by atoms with van der Waals surface area (Å²) in [7, 11) is 2.28. The Bertz CT molecular complexity index is 334. The SMILES string of the molecule is CC(C)NC(C)(C#N)CCCCN(C)C1CCCCC1C. The van der Waals surface area contributed by atoms with E-state index < -0.39 is 0 Å². The van der Waals surface area contributed by atoms with Crippen molar-refractivity contribution in [2.45, 2.75) is 90.3 Å². The van der Waals surface area contributed by atoms with Crippen molar-refractivity contribution in [3.63, 3.8) is 0 Å². The number of nitrogens with zero attached hydrogens (tertiary/aromatic N) is 2. The number of nitrogens with one attached hydrogen (secondary N) is 1. The molecule has 3 heteroatoms. The van der Waals surface area contributed by atoms with Gasteiger partial charge in [0, 0.05) is 12.1 Å². The highest BCUT2D eigenvalue weighted by Gasteiger charge is 2.26. The molecular weight excluding hydrogens is 258 g/mol. The van der Waals surface area contributed by atoms with E-state index in [4.69, 9.17) is 0 Å². The van der Waals surface area contributed by atoms with Gasteiger partial charge in [-0.2, -0.15) is 5.26 Å². The van der Waals surface area contributed by atoms with Crippen molar-refractivity contribution in [1.29, 1.82) is 5.26 Å². The van der Waals surface area contributed by atoms with Crippen LogP contribution in [-0.4, -0.2) is 36.1 Å². The van der Waals surface area contributed by atoms with E-state index in [2.05, 4.69) is 44.1 Å². The highest BCUT2D eigenvalue weighted by Crippen LogP contribution is 2.27. The van der Waals surface area contributed by atoms with E-state index in [1.807, 2.05) is 6.92 Å². The third kappa shape index (κ3) is 6.36. The van der Waals surface area contributed by atoms with Crippen LogP contribution in [-0.2, 0) is 0 Å². The zero-order chi connectivity index (χ0) is 15.9. The van der Waals surface area contributed by atoms with Gasteiger partial charge in [-0.15, -0.1) is 0 Å². The molecule has 0 amide bonds. The second kappa shape index (κ2) is 8.76. The molecule has 3 atom stereocenters. The average Bonchev–Trinajstić information content (AvgIpc) is 2.43. The Hall–Kier alpha value is -0.590. The summed E-state index contributed by atoms with van der Waals surface area (Å²) in [6.07, 6.45) is 8.81. The highest BCUT2D eigenvalue weighted by atomic mass is 15.1. The topological polar surface area (TPSA) is 39.1 Å². The van der Waals surface area contributed by atoms with Crippen LogP contribution in [0.2, 0.25) is 0 Å². The van der Waals surface area contributed by atoms with E-state index in [0.29, 0.717) is 6.04 Å². The van der Waals surface area contributed by atoms with Gasteiger partial charge in [0.25, 0.3) is 0 Å². The lowest BCUT2D eigenvalue weighted by Gasteiger charge is -2.36. The van der Waals surface area contributed by atoms with Crippen LogP contribution in [0.5, 0.6) is 0 Å². The number of unbranched alkanes of at least 4 members (excludes halogenated alkanes) is 1. The number of nitriles is 1.